The Bertz CT molecular complexity index is 1220. The molecule has 0 aliphatic carbocycles. The van der Waals surface area contributed by atoms with Gasteiger partial charge < -0.3 is 9.15 Å². The Hall–Kier alpha value is -3.39. The number of rotatable bonds is 5. The molecule has 0 atom stereocenters. The number of nitrogens with one attached hydrogen (secondary N) is 2. The van der Waals surface area contributed by atoms with Crippen molar-refractivity contribution in [3.63, 3.8) is 0 Å². The summed E-state index contributed by atoms with van der Waals surface area (Å²) >= 11 is 1.31. The molecule has 0 unspecified atom stereocenters. The summed E-state index contributed by atoms with van der Waals surface area (Å²) in [5.41, 5.74) is 4.60. The van der Waals surface area contributed by atoms with Gasteiger partial charge in [-0.05, 0) is 43.2 Å². The van der Waals surface area contributed by atoms with E-state index in [1.165, 1.54) is 11.3 Å². The van der Waals surface area contributed by atoms with Gasteiger partial charge in [-0.1, -0.05) is 18.2 Å². The van der Waals surface area contributed by atoms with Crippen LogP contribution in [0.2, 0.25) is 0 Å². The smallest absolute Gasteiger partial charge is 0.417 e. The molecule has 2 N–H and O–H groups in total. The quantitative estimate of drug-likeness (QED) is 0.534. The first-order chi connectivity index (χ1) is 13.5. The second-order valence-corrected chi connectivity index (χ2v) is 7.23. The van der Waals surface area contributed by atoms with Crippen LogP contribution in [-0.2, 0) is 4.79 Å². The Morgan fingerprint density at radius 1 is 1.25 bits per heavy atom. The van der Waals surface area contributed by atoms with Crippen molar-refractivity contribution in [3.8, 4) is 17.0 Å². The standard InChI is InChI=1S/C20H17N3O4S/c1-11-3-4-12(2)16(7-11)26-9-18(24)23-19-21-15(10-28-19)13-5-6-14-17(8-13)27-20(25)22-14/h3-8,10H,9H2,1-2H3,(H,22,25)(H,21,23,24). The highest BCUT2D eigenvalue weighted by Gasteiger charge is 2.11. The van der Waals surface area contributed by atoms with Crippen LogP contribution in [0.15, 0.2) is 51.0 Å². The summed E-state index contributed by atoms with van der Waals surface area (Å²) < 4.78 is 10.7. The van der Waals surface area contributed by atoms with Gasteiger partial charge in [0.05, 0.1) is 11.2 Å². The largest absolute Gasteiger partial charge is 0.483 e. The van der Waals surface area contributed by atoms with Gasteiger partial charge >= 0.3 is 5.76 Å². The zero-order valence-electron chi connectivity index (χ0n) is 15.2. The van der Waals surface area contributed by atoms with Crippen molar-refractivity contribution in [2.45, 2.75) is 13.8 Å². The van der Waals surface area contributed by atoms with E-state index in [-0.39, 0.29) is 12.5 Å². The molecule has 0 aliphatic heterocycles. The molecule has 1 amide bonds. The number of oxazole rings is 1. The first kappa shape index (κ1) is 18.0. The fourth-order valence-electron chi connectivity index (χ4n) is 2.73. The number of aromatic nitrogens is 2. The minimum Gasteiger partial charge on any atom is -0.483 e. The number of aromatic amines is 1. The lowest BCUT2D eigenvalue weighted by atomic mass is 10.1. The molecule has 28 heavy (non-hydrogen) atoms. The molecular formula is C20H17N3O4S. The number of hydrogen-bond donors (Lipinski definition) is 2. The van der Waals surface area contributed by atoms with E-state index in [0.29, 0.717) is 27.7 Å². The van der Waals surface area contributed by atoms with Gasteiger partial charge in [0.25, 0.3) is 5.91 Å². The predicted octanol–water partition coefficient (Wildman–Crippen LogP) is 3.88. The van der Waals surface area contributed by atoms with Crippen molar-refractivity contribution in [3.05, 3.63) is 63.5 Å². The number of ether oxygens (including phenoxy) is 1. The Balaban J connectivity index is 1.43. The Morgan fingerprint density at radius 3 is 2.96 bits per heavy atom. The number of hydrogen-bond acceptors (Lipinski definition) is 6. The minimum absolute atomic E-state index is 0.0975. The second-order valence-electron chi connectivity index (χ2n) is 6.37. The molecule has 4 aromatic rings. The maximum atomic E-state index is 12.2. The summed E-state index contributed by atoms with van der Waals surface area (Å²) in [7, 11) is 0. The van der Waals surface area contributed by atoms with Crippen LogP contribution in [-0.4, -0.2) is 22.5 Å². The average molecular weight is 395 g/mol. The molecule has 7 nitrogen and oxygen atoms in total. The molecule has 0 saturated carbocycles. The fourth-order valence-corrected chi connectivity index (χ4v) is 3.47. The summed E-state index contributed by atoms with van der Waals surface area (Å²) in [4.78, 5) is 30.5. The van der Waals surface area contributed by atoms with Gasteiger partial charge in [-0.25, -0.2) is 9.78 Å². The minimum atomic E-state index is -0.498. The third kappa shape index (κ3) is 3.81. The maximum absolute atomic E-state index is 12.2. The first-order valence-corrected chi connectivity index (χ1v) is 9.44. The van der Waals surface area contributed by atoms with Crippen LogP contribution in [0.4, 0.5) is 5.13 Å². The van der Waals surface area contributed by atoms with Gasteiger partial charge in [-0.15, -0.1) is 11.3 Å². The van der Waals surface area contributed by atoms with E-state index in [0.717, 1.165) is 16.7 Å². The number of benzene rings is 2. The van der Waals surface area contributed by atoms with Crippen LogP contribution in [0, 0.1) is 13.8 Å². The van der Waals surface area contributed by atoms with Crippen LogP contribution in [0.1, 0.15) is 11.1 Å². The summed E-state index contributed by atoms with van der Waals surface area (Å²) in [6.45, 7) is 3.81. The Kier molecular flexibility index (Phi) is 4.70. The number of amides is 1. The van der Waals surface area contributed by atoms with Gasteiger partial charge in [0.2, 0.25) is 0 Å². The predicted molar refractivity (Wildman–Crippen MR) is 108 cm³/mol. The van der Waals surface area contributed by atoms with Crippen molar-refractivity contribution in [1.82, 2.24) is 9.97 Å². The number of thiazole rings is 1. The van der Waals surface area contributed by atoms with Crippen molar-refractivity contribution in [2.24, 2.45) is 0 Å². The number of fused-ring (bicyclic) bond motifs is 1. The number of carbonyl (C=O) groups excluding carboxylic acids is 1. The average Bonchev–Trinajstić information content (AvgIpc) is 3.27. The molecule has 0 spiro atoms. The SMILES string of the molecule is Cc1ccc(C)c(OCC(=O)Nc2nc(-c3ccc4[nH]c(=O)oc4c3)cs2)c1. The van der Waals surface area contributed by atoms with Crippen LogP contribution in [0.5, 0.6) is 5.75 Å². The van der Waals surface area contributed by atoms with Gasteiger partial charge in [0, 0.05) is 10.9 Å². The zero-order valence-corrected chi connectivity index (χ0v) is 16.1. The van der Waals surface area contributed by atoms with E-state index in [1.807, 2.05) is 43.5 Å². The molecule has 0 radical (unpaired) electrons. The molecule has 0 fully saturated rings. The number of nitrogens with zero attached hydrogens (tertiary/aromatic N) is 1. The molecule has 2 aromatic heterocycles. The first-order valence-electron chi connectivity index (χ1n) is 8.56. The Morgan fingerprint density at radius 2 is 2.11 bits per heavy atom. The number of anilines is 1. The lowest BCUT2D eigenvalue weighted by molar-refractivity contribution is -0.118. The maximum Gasteiger partial charge on any atom is 0.417 e. The van der Waals surface area contributed by atoms with E-state index in [2.05, 4.69) is 15.3 Å². The van der Waals surface area contributed by atoms with E-state index < -0.39 is 5.76 Å². The fraction of sp³-hybridized carbons (Fsp3) is 0.150. The molecule has 4 rings (SSSR count). The van der Waals surface area contributed by atoms with Crippen molar-refractivity contribution < 1.29 is 13.9 Å². The highest BCUT2D eigenvalue weighted by atomic mass is 32.1. The zero-order chi connectivity index (χ0) is 19.7. The summed E-state index contributed by atoms with van der Waals surface area (Å²) in [5, 5.41) is 5.04. The van der Waals surface area contributed by atoms with E-state index >= 15 is 0 Å². The lowest BCUT2D eigenvalue weighted by Gasteiger charge is -2.09. The highest BCUT2D eigenvalue weighted by molar-refractivity contribution is 7.14. The van der Waals surface area contributed by atoms with Crippen LogP contribution < -0.4 is 15.8 Å². The number of carbonyl (C=O) groups is 1. The molecule has 0 saturated heterocycles. The van der Waals surface area contributed by atoms with Gasteiger partial charge in [-0.2, -0.15) is 0 Å². The molecule has 2 aromatic carbocycles. The van der Waals surface area contributed by atoms with Crippen LogP contribution in [0.25, 0.3) is 22.4 Å². The normalized spacial score (nSPS) is 10.9. The third-order valence-electron chi connectivity index (χ3n) is 4.17. The second kappa shape index (κ2) is 7.32. The number of aryl methyl sites for hydroxylation is 2. The van der Waals surface area contributed by atoms with E-state index in [4.69, 9.17) is 9.15 Å². The van der Waals surface area contributed by atoms with Crippen LogP contribution in [0.3, 0.4) is 0 Å². The van der Waals surface area contributed by atoms with Crippen molar-refractivity contribution >= 4 is 33.5 Å². The molecular weight excluding hydrogens is 378 g/mol. The summed E-state index contributed by atoms with van der Waals surface area (Å²) in [5.74, 6) is -0.0904. The van der Waals surface area contributed by atoms with Crippen LogP contribution >= 0.6 is 11.3 Å². The monoisotopic (exact) mass is 395 g/mol. The molecule has 142 valence electrons. The lowest BCUT2D eigenvalue weighted by Crippen LogP contribution is -2.20. The molecule has 0 bridgehead atoms. The molecule has 0 aliphatic rings. The molecule has 8 heteroatoms. The van der Waals surface area contributed by atoms with E-state index in [1.54, 1.807) is 12.1 Å². The van der Waals surface area contributed by atoms with Gasteiger partial charge in [-0.3, -0.25) is 15.1 Å². The van der Waals surface area contributed by atoms with Gasteiger partial charge in [0.15, 0.2) is 17.3 Å². The molecule has 2 heterocycles. The number of H-pyrrole nitrogens is 1. The van der Waals surface area contributed by atoms with Crippen molar-refractivity contribution in [2.75, 3.05) is 11.9 Å². The van der Waals surface area contributed by atoms with Crippen molar-refractivity contribution in [1.29, 1.82) is 0 Å². The van der Waals surface area contributed by atoms with Gasteiger partial charge in [0.1, 0.15) is 5.75 Å². The highest BCUT2D eigenvalue weighted by Crippen LogP contribution is 2.27. The topological polar surface area (TPSA) is 97.2 Å². The summed E-state index contributed by atoms with van der Waals surface area (Å²) in [6.07, 6.45) is 0. The summed E-state index contributed by atoms with van der Waals surface area (Å²) in [6, 6.07) is 11.2. The Labute approximate surface area is 164 Å². The van der Waals surface area contributed by atoms with E-state index in [9.17, 15) is 9.59 Å². The third-order valence-corrected chi connectivity index (χ3v) is 4.93.